The van der Waals surface area contributed by atoms with Crippen molar-refractivity contribution in [3.8, 4) is 0 Å². The molecule has 0 aromatic carbocycles. The maximum atomic E-state index is 8.74. The van der Waals surface area contributed by atoms with Gasteiger partial charge in [-0.25, -0.2) is 0 Å². The van der Waals surface area contributed by atoms with E-state index in [-0.39, 0.29) is 12.3 Å². The van der Waals surface area contributed by atoms with Crippen LogP contribution in [-0.4, -0.2) is 28.2 Å². The van der Waals surface area contributed by atoms with Gasteiger partial charge in [0.05, 0.1) is 5.60 Å². The lowest BCUT2D eigenvalue weighted by Gasteiger charge is -2.04. The second-order valence-corrected chi connectivity index (χ2v) is 3.51. The van der Waals surface area contributed by atoms with E-state index in [1.165, 1.54) is 0 Å². The van der Waals surface area contributed by atoms with E-state index in [1.54, 1.807) is 20.8 Å². The molecule has 8 heteroatoms. The van der Waals surface area contributed by atoms with Crippen molar-refractivity contribution in [2.24, 2.45) is 0 Å². The summed E-state index contributed by atoms with van der Waals surface area (Å²) in [6.07, 6.45) is 0. The Morgan fingerprint density at radius 3 is 1.00 bits per heavy atom. The molecule has 0 aliphatic carbocycles. The molecule has 0 heterocycles. The van der Waals surface area contributed by atoms with E-state index in [0.717, 1.165) is 0 Å². The Balaban J connectivity index is -0.0000000457. The third-order valence-electron chi connectivity index (χ3n) is 0. The predicted octanol–water partition coefficient (Wildman–Crippen LogP) is 0.448. The molecular weight excluding hydrogens is 188 g/mol. The van der Waals surface area contributed by atoms with Crippen LogP contribution in [0.3, 0.4) is 0 Å². The van der Waals surface area contributed by atoms with Gasteiger partial charge in [-0.3, -0.25) is 9.11 Å². The van der Waals surface area contributed by atoms with Gasteiger partial charge in [0.1, 0.15) is 0 Å². The molecule has 0 unspecified atom stereocenters. The maximum absolute atomic E-state index is 8.74. The number of rotatable bonds is 0. The average Bonchev–Trinajstić information content (AvgIpc) is 1.12. The summed E-state index contributed by atoms with van der Waals surface area (Å²) >= 11 is 0. The zero-order chi connectivity index (χ0) is 9.00. The van der Waals surface area contributed by atoms with Gasteiger partial charge in [0.15, 0.2) is 0 Å². The van der Waals surface area contributed by atoms with Crippen molar-refractivity contribution in [3.63, 3.8) is 0 Å². The minimum absolute atomic E-state index is 0. The molecule has 80 valence electrons. The van der Waals surface area contributed by atoms with Crippen LogP contribution >= 0.6 is 0 Å². The second kappa shape index (κ2) is 7.40. The van der Waals surface area contributed by atoms with Crippen LogP contribution in [0.2, 0.25) is 0 Å². The number of hydrogen-bond acceptors (Lipinski definition) is 5. The van der Waals surface area contributed by atoms with Crippen LogP contribution in [-0.2, 0) is 10.4 Å². The predicted molar refractivity (Wildman–Crippen MR) is 46.2 cm³/mol. The monoisotopic (exact) mass is 206 g/mol. The quantitative estimate of drug-likeness (QED) is 0.359. The summed E-state index contributed by atoms with van der Waals surface area (Å²) in [6.45, 7) is 5.23. The molecule has 0 saturated carbocycles. The van der Waals surface area contributed by atoms with Gasteiger partial charge >= 0.3 is 10.4 Å². The molecule has 0 aliphatic rings. The zero-order valence-electron chi connectivity index (χ0n) is 7.48. The van der Waals surface area contributed by atoms with Crippen molar-refractivity contribution < 1.29 is 22.6 Å². The molecule has 0 aliphatic heterocycles. The van der Waals surface area contributed by atoms with Crippen molar-refractivity contribution in [2.45, 2.75) is 26.4 Å². The highest BCUT2D eigenvalue weighted by atomic mass is 32.3. The van der Waals surface area contributed by atoms with Gasteiger partial charge in [0.2, 0.25) is 0 Å². The topological polar surface area (TPSA) is 165 Å². The largest absolute Gasteiger partial charge is 0.394 e. The first-order valence-corrected chi connectivity index (χ1v) is 3.82. The molecule has 0 amide bonds. The smallest absolute Gasteiger partial charge is 0.391 e. The first-order chi connectivity index (χ1) is 4.00. The first-order valence-electron chi connectivity index (χ1n) is 2.42. The SMILES string of the molecule is CC(C)(C)O.N.N.O=S(=O)(O)O. The van der Waals surface area contributed by atoms with E-state index in [9.17, 15) is 0 Å². The molecule has 7 nitrogen and oxygen atoms in total. The van der Waals surface area contributed by atoms with Crippen molar-refractivity contribution in [3.05, 3.63) is 0 Å². The maximum Gasteiger partial charge on any atom is 0.394 e. The van der Waals surface area contributed by atoms with E-state index < -0.39 is 16.0 Å². The van der Waals surface area contributed by atoms with Crippen molar-refractivity contribution in [1.29, 1.82) is 0 Å². The Hall–Kier alpha value is -0.250. The molecule has 0 fully saturated rings. The fourth-order valence-corrected chi connectivity index (χ4v) is 0. The number of aliphatic hydroxyl groups is 1. The fourth-order valence-electron chi connectivity index (χ4n) is 0. The van der Waals surface area contributed by atoms with Gasteiger partial charge in [-0.2, -0.15) is 8.42 Å². The second-order valence-electron chi connectivity index (χ2n) is 2.62. The molecule has 9 N–H and O–H groups in total. The van der Waals surface area contributed by atoms with Gasteiger partial charge in [0, 0.05) is 0 Å². The third kappa shape index (κ3) is 11900. The van der Waals surface area contributed by atoms with E-state index in [1.807, 2.05) is 0 Å². The van der Waals surface area contributed by atoms with Gasteiger partial charge in [-0.1, -0.05) is 0 Å². The van der Waals surface area contributed by atoms with Crippen LogP contribution in [0.1, 0.15) is 20.8 Å². The molecule has 0 aromatic heterocycles. The molecule has 0 saturated heterocycles. The van der Waals surface area contributed by atoms with Crippen LogP contribution in [0.25, 0.3) is 0 Å². The zero-order valence-corrected chi connectivity index (χ0v) is 8.30. The summed E-state index contributed by atoms with van der Waals surface area (Å²) < 4.78 is 31.6. The molecule has 12 heavy (non-hydrogen) atoms. The molecule has 0 aromatic rings. The first kappa shape index (κ1) is 22.6. The van der Waals surface area contributed by atoms with E-state index in [2.05, 4.69) is 0 Å². The summed E-state index contributed by atoms with van der Waals surface area (Å²) in [6, 6.07) is 0. The Bertz CT molecular complexity index is 156. The Morgan fingerprint density at radius 1 is 1.00 bits per heavy atom. The Morgan fingerprint density at radius 2 is 1.00 bits per heavy atom. The highest BCUT2D eigenvalue weighted by Gasteiger charge is 1.97. The van der Waals surface area contributed by atoms with Gasteiger partial charge in [-0.15, -0.1) is 0 Å². The Kier molecular flexibility index (Phi) is 13.9. The van der Waals surface area contributed by atoms with Crippen molar-refractivity contribution in [1.82, 2.24) is 12.3 Å². The number of hydrogen-bond donors (Lipinski definition) is 5. The van der Waals surface area contributed by atoms with Gasteiger partial charge in [-0.05, 0) is 20.8 Å². The van der Waals surface area contributed by atoms with Crippen LogP contribution in [0.5, 0.6) is 0 Å². The van der Waals surface area contributed by atoms with E-state index in [0.29, 0.717) is 0 Å². The summed E-state index contributed by atoms with van der Waals surface area (Å²) in [5.41, 5.74) is -0.500. The highest BCUT2D eigenvalue weighted by molar-refractivity contribution is 7.79. The van der Waals surface area contributed by atoms with Crippen LogP contribution in [0, 0.1) is 0 Å². The average molecular weight is 206 g/mol. The standard InChI is InChI=1S/C4H10O.2H3N.H2O4S/c1-4(2,3)5;;;1-5(2,3)4/h5H,1-3H3;2*1H3;(H2,1,2,3,4). The fraction of sp³-hybridized carbons (Fsp3) is 1.00. The van der Waals surface area contributed by atoms with Crippen molar-refractivity contribution in [2.75, 3.05) is 0 Å². The third-order valence-corrected chi connectivity index (χ3v) is 0. The van der Waals surface area contributed by atoms with Crippen molar-refractivity contribution >= 4 is 10.4 Å². The summed E-state index contributed by atoms with van der Waals surface area (Å²) in [5, 5.41) is 8.52. The van der Waals surface area contributed by atoms with E-state index >= 15 is 0 Å². The van der Waals surface area contributed by atoms with Crippen LogP contribution in [0.15, 0.2) is 0 Å². The van der Waals surface area contributed by atoms with Crippen LogP contribution in [0.4, 0.5) is 0 Å². The lowest BCUT2D eigenvalue weighted by atomic mass is 10.2. The molecular formula is C4H18N2O5S. The minimum Gasteiger partial charge on any atom is -0.391 e. The summed E-state index contributed by atoms with van der Waals surface area (Å²) in [5.74, 6) is 0. The lowest BCUT2D eigenvalue weighted by molar-refractivity contribution is 0.102. The Labute approximate surface area is 72.5 Å². The molecule has 0 radical (unpaired) electrons. The van der Waals surface area contributed by atoms with E-state index in [4.69, 9.17) is 22.6 Å². The molecule has 0 bridgehead atoms. The lowest BCUT2D eigenvalue weighted by Crippen LogP contribution is -2.10. The normalized spacial score (nSPS) is 9.83. The highest BCUT2D eigenvalue weighted by Crippen LogP contribution is 1.93. The van der Waals surface area contributed by atoms with Gasteiger partial charge in [0.25, 0.3) is 0 Å². The van der Waals surface area contributed by atoms with Crippen LogP contribution < -0.4 is 12.3 Å². The molecule has 0 spiro atoms. The molecule has 0 rings (SSSR count). The van der Waals surface area contributed by atoms with Gasteiger partial charge < -0.3 is 17.4 Å². The summed E-state index contributed by atoms with van der Waals surface area (Å²) in [4.78, 5) is 0. The molecule has 0 atom stereocenters. The summed E-state index contributed by atoms with van der Waals surface area (Å²) in [7, 11) is -4.67. The minimum atomic E-state index is -4.67.